The standard InChI is InChI=1S/C17H19N5OS/c1-10-12-5-4-8-18-17(12)22(21-10)9-15(23)20-14-7-3-6-13-16(14)24-11(2)19-13/h4-5,8,14H,3,6-7,9H2,1-2H3,(H,20,23)/t14-/m0/s1. The SMILES string of the molecule is Cc1nc2c(s1)[C@@H](NC(=O)Cn1nc(C)c3cccnc31)CCC2. The van der Waals surface area contributed by atoms with Crippen LogP contribution >= 0.6 is 11.3 Å². The lowest BCUT2D eigenvalue weighted by atomic mass is 9.98. The van der Waals surface area contributed by atoms with E-state index in [1.165, 1.54) is 4.88 Å². The minimum Gasteiger partial charge on any atom is -0.347 e. The third kappa shape index (κ3) is 2.69. The number of hydrogen-bond acceptors (Lipinski definition) is 5. The van der Waals surface area contributed by atoms with Crippen molar-refractivity contribution in [2.24, 2.45) is 0 Å². The molecule has 3 aromatic heterocycles. The van der Waals surface area contributed by atoms with E-state index in [1.807, 2.05) is 26.0 Å². The van der Waals surface area contributed by atoms with Crippen molar-refractivity contribution in [3.8, 4) is 0 Å². The highest BCUT2D eigenvalue weighted by Gasteiger charge is 2.25. The normalized spacial score (nSPS) is 17.0. The summed E-state index contributed by atoms with van der Waals surface area (Å²) in [5.41, 5.74) is 2.79. The second kappa shape index (κ2) is 5.98. The minimum absolute atomic E-state index is 0.0334. The van der Waals surface area contributed by atoms with Crippen LogP contribution in [0.2, 0.25) is 0 Å². The molecule has 3 aromatic rings. The summed E-state index contributed by atoms with van der Waals surface area (Å²) >= 11 is 1.69. The molecule has 4 rings (SSSR count). The van der Waals surface area contributed by atoms with Crippen LogP contribution in [0.3, 0.4) is 0 Å². The summed E-state index contributed by atoms with van der Waals surface area (Å²) in [5, 5.41) is 9.67. The van der Waals surface area contributed by atoms with E-state index in [4.69, 9.17) is 0 Å². The van der Waals surface area contributed by atoms with Crippen molar-refractivity contribution in [3.63, 3.8) is 0 Å². The van der Waals surface area contributed by atoms with Crippen molar-refractivity contribution in [1.82, 2.24) is 25.1 Å². The zero-order chi connectivity index (χ0) is 16.7. The molecule has 0 saturated heterocycles. The number of carbonyl (C=O) groups is 1. The first kappa shape index (κ1) is 15.3. The van der Waals surface area contributed by atoms with Gasteiger partial charge in [-0.3, -0.25) is 4.79 Å². The lowest BCUT2D eigenvalue weighted by molar-refractivity contribution is -0.122. The Labute approximate surface area is 143 Å². The van der Waals surface area contributed by atoms with Gasteiger partial charge in [0.1, 0.15) is 6.54 Å². The Morgan fingerprint density at radius 1 is 1.46 bits per heavy atom. The molecule has 0 unspecified atom stereocenters. The van der Waals surface area contributed by atoms with Gasteiger partial charge in [0.25, 0.3) is 0 Å². The molecule has 0 radical (unpaired) electrons. The molecule has 7 heteroatoms. The van der Waals surface area contributed by atoms with Gasteiger partial charge < -0.3 is 5.32 Å². The lowest BCUT2D eigenvalue weighted by Gasteiger charge is -2.22. The average Bonchev–Trinajstić information content (AvgIpc) is 3.09. The van der Waals surface area contributed by atoms with Crippen molar-refractivity contribution in [3.05, 3.63) is 39.6 Å². The van der Waals surface area contributed by atoms with Gasteiger partial charge in [-0.25, -0.2) is 14.6 Å². The van der Waals surface area contributed by atoms with Gasteiger partial charge in [0.15, 0.2) is 5.65 Å². The maximum Gasteiger partial charge on any atom is 0.242 e. The van der Waals surface area contributed by atoms with Crippen LogP contribution in [-0.2, 0) is 17.8 Å². The van der Waals surface area contributed by atoms with Gasteiger partial charge in [-0.05, 0) is 45.2 Å². The van der Waals surface area contributed by atoms with Crippen LogP contribution in [0.15, 0.2) is 18.3 Å². The third-order valence-electron chi connectivity index (χ3n) is 4.38. The lowest BCUT2D eigenvalue weighted by Crippen LogP contribution is -2.33. The van der Waals surface area contributed by atoms with Gasteiger partial charge in [-0.1, -0.05) is 0 Å². The molecule has 0 saturated carbocycles. The molecule has 0 aliphatic heterocycles. The number of aromatic nitrogens is 4. The second-order valence-electron chi connectivity index (χ2n) is 6.17. The second-order valence-corrected chi connectivity index (χ2v) is 7.41. The van der Waals surface area contributed by atoms with Gasteiger partial charge in [0.2, 0.25) is 5.91 Å². The third-order valence-corrected chi connectivity index (χ3v) is 5.50. The maximum absolute atomic E-state index is 12.5. The van der Waals surface area contributed by atoms with Crippen molar-refractivity contribution < 1.29 is 4.79 Å². The van der Waals surface area contributed by atoms with Crippen LogP contribution in [0.4, 0.5) is 0 Å². The monoisotopic (exact) mass is 341 g/mol. The largest absolute Gasteiger partial charge is 0.347 e. The molecule has 6 nitrogen and oxygen atoms in total. The first-order valence-electron chi connectivity index (χ1n) is 8.15. The van der Waals surface area contributed by atoms with Crippen LogP contribution < -0.4 is 5.32 Å². The van der Waals surface area contributed by atoms with E-state index < -0.39 is 0 Å². The van der Waals surface area contributed by atoms with Crippen molar-refractivity contribution in [2.45, 2.75) is 45.7 Å². The van der Waals surface area contributed by atoms with Crippen molar-refractivity contribution >= 4 is 28.3 Å². The Balaban J connectivity index is 1.53. The highest BCUT2D eigenvalue weighted by Crippen LogP contribution is 2.33. The minimum atomic E-state index is -0.0334. The summed E-state index contributed by atoms with van der Waals surface area (Å²) in [6.07, 6.45) is 4.77. The Morgan fingerprint density at radius 3 is 3.21 bits per heavy atom. The highest BCUT2D eigenvalue weighted by atomic mass is 32.1. The average molecular weight is 341 g/mol. The molecular formula is C17H19N5OS. The molecular weight excluding hydrogens is 322 g/mol. The maximum atomic E-state index is 12.5. The quantitative estimate of drug-likeness (QED) is 0.795. The van der Waals surface area contributed by atoms with E-state index in [1.54, 1.807) is 22.2 Å². The topological polar surface area (TPSA) is 72.7 Å². The number of fused-ring (bicyclic) bond motifs is 2. The molecule has 3 heterocycles. The van der Waals surface area contributed by atoms with E-state index in [0.29, 0.717) is 0 Å². The fraction of sp³-hybridized carbons (Fsp3) is 0.412. The summed E-state index contributed by atoms with van der Waals surface area (Å²) in [6.45, 7) is 4.14. The number of carbonyl (C=O) groups excluding carboxylic acids is 1. The Kier molecular flexibility index (Phi) is 3.80. The zero-order valence-electron chi connectivity index (χ0n) is 13.7. The van der Waals surface area contributed by atoms with Gasteiger partial charge in [0.05, 0.1) is 27.3 Å². The Morgan fingerprint density at radius 2 is 2.33 bits per heavy atom. The molecule has 1 N–H and O–H groups in total. The number of nitrogens with one attached hydrogen (secondary N) is 1. The van der Waals surface area contributed by atoms with Crippen LogP contribution in [0.5, 0.6) is 0 Å². The Bertz CT molecular complexity index is 913. The molecule has 124 valence electrons. The molecule has 0 fully saturated rings. The van der Waals surface area contributed by atoms with E-state index in [9.17, 15) is 4.79 Å². The van der Waals surface area contributed by atoms with Gasteiger partial charge >= 0.3 is 0 Å². The van der Waals surface area contributed by atoms with E-state index in [-0.39, 0.29) is 18.5 Å². The number of pyridine rings is 1. The van der Waals surface area contributed by atoms with Gasteiger partial charge in [0, 0.05) is 11.6 Å². The summed E-state index contributed by atoms with van der Waals surface area (Å²) in [5.74, 6) is -0.0334. The predicted octanol–water partition coefficient (Wildman–Crippen LogP) is 2.70. The van der Waals surface area contributed by atoms with Crippen LogP contribution in [0.1, 0.15) is 40.2 Å². The van der Waals surface area contributed by atoms with Crippen molar-refractivity contribution in [2.75, 3.05) is 0 Å². The number of nitrogens with zero attached hydrogens (tertiary/aromatic N) is 4. The molecule has 24 heavy (non-hydrogen) atoms. The smallest absolute Gasteiger partial charge is 0.242 e. The predicted molar refractivity (Wildman–Crippen MR) is 92.9 cm³/mol. The van der Waals surface area contributed by atoms with Crippen LogP contribution in [-0.4, -0.2) is 25.7 Å². The molecule has 1 amide bonds. The fourth-order valence-corrected chi connectivity index (χ4v) is 4.39. The van der Waals surface area contributed by atoms with E-state index in [0.717, 1.165) is 46.7 Å². The first-order chi connectivity index (χ1) is 11.6. The number of rotatable bonds is 3. The molecule has 1 atom stereocenters. The summed E-state index contributed by atoms with van der Waals surface area (Å²) in [4.78, 5) is 22.7. The molecule has 0 bridgehead atoms. The Hall–Kier alpha value is -2.28. The van der Waals surface area contributed by atoms with Gasteiger partial charge in [-0.15, -0.1) is 11.3 Å². The summed E-state index contributed by atoms with van der Waals surface area (Å²) in [7, 11) is 0. The molecule has 0 spiro atoms. The number of aryl methyl sites for hydroxylation is 3. The highest BCUT2D eigenvalue weighted by molar-refractivity contribution is 7.11. The number of hydrogen-bond donors (Lipinski definition) is 1. The van der Waals surface area contributed by atoms with Crippen LogP contribution in [0.25, 0.3) is 11.0 Å². The molecule has 0 aromatic carbocycles. The molecule has 1 aliphatic carbocycles. The zero-order valence-corrected chi connectivity index (χ0v) is 14.6. The number of amides is 1. The molecule has 1 aliphatic rings. The van der Waals surface area contributed by atoms with Crippen LogP contribution in [0, 0.1) is 13.8 Å². The summed E-state index contributed by atoms with van der Waals surface area (Å²) < 4.78 is 1.68. The van der Waals surface area contributed by atoms with E-state index in [2.05, 4.69) is 20.4 Å². The fourth-order valence-electron chi connectivity index (χ4n) is 3.33. The summed E-state index contributed by atoms with van der Waals surface area (Å²) in [6, 6.07) is 3.94. The van der Waals surface area contributed by atoms with E-state index >= 15 is 0 Å². The van der Waals surface area contributed by atoms with Crippen molar-refractivity contribution in [1.29, 1.82) is 0 Å². The first-order valence-corrected chi connectivity index (χ1v) is 8.97. The number of thiazole rings is 1. The van der Waals surface area contributed by atoms with Gasteiger partial charge in [-0.2, -0.15) is 5.10 Å².